The van der Waals surface area contributed by atoms with Crippen LogP contribution in [-0.4, -0.2) is 24.7 Å². The Balaban J connectivity index is 2.03. The first-order valence-corrected chi connectivity index (χ1v) is 9.46. The first kappa shape index (κ1) is 17.8. The van der Waals surface area contributed by atoms with E-state index in [1.54, 1.807) is 7.11 Å². The summed E-state index contributed by atoms with van der Waals surface area (Å²) in [6, 6.07) is 4.10. The lowest BCUT2D eigenvalue weighted by molar-refractivity contribution is -0.142. The number of H-pyrrole nitrogens is 1. The summed E-state index contributed by atoms with van der Waals surface area (Å²) < 4.78 is 10.9. The Kier molecular flexibility index (Phi) is 5.67. The van der Waals surface area contributed by atoms with Crippen LogP contribution in [0.4, 0.5) is 0 Å². The molecule has 0 aliphatic heterocycles. The molecule has 1 saturated carbocycles. The number of carbonyl (C=O) groups is 1. The lowest BCUT2D eigenvalue weighted by Crippen LogP contribution is -2.11. The largest absolute Gasteiger partial charge is 0.496 e. The van der Waals surface area contributed by atoms with Gasteiger partial charge in [0.2, 0.25) is 0 Å². The predicted molar refractivity (Wildman–Crippen MR) is 100 cm³/mol. The molecular formula is C21H29NO3. The molecule has 136 valence electrons. The van der Waals surface area contributed by atoms with E-state index >= 15 is 0 Å². The van der Waals surface area contributed by atoms with Gasteiger partial charge in [0.1, 0.15) is 5.75 Å². The minimum absolute atomic E-state index is 0.169. The van der Waals surface area contributed by atoms with Gasteiger partial charge in [-0.3, -0.25) is 4.79 Å². The van der Waals surface area contributed by atoms with Crippen LogP contribution in [0.15, 0.2) is 12.1 Å². The smallest absolute Gasteiger partial charge is 0.310 e. The molecule has 0 unspecified atom stereocenters. The lowest BCUT2D eigenvalue weighted by Gasteiger charge is -2.23. The van der Waals surface area contributed by atoms with Crippen LogP contribution in [0.25, 0.3) is 10.9 Å². The normalized spacial score (nSPS) is 15.5. The number of methoxy groups -OCH3 is 1. The highest BCUT2D eigenvalue weighted by Gasteiger charge is 2.22. The lowest BCUT2D eigenvalue weighted by atomic mass is 9.83. The highest BCUT2D eigenvalue weighted by molar-refractivity contribution is 5.92. The van der Waals surface area contributed by atoms with Crippen molar-refractivity contribution >= 4 is 16.9 Å². The molecule has 1 aromatic heterocycles. The van der Waals surface area contributed by atoms with Gasteiger partial charge in [-0.25, -0.2) is 0 Å². The molecule has 3 rings (SSSR count). The van der Waals surface area contributed by atoms with Crippen LogP contribution < -0.4 is 4.74 Å². The van der Waals surface area contributed by atoms with Crippen LogP contribution in [0.1, 0.15) is 55.8 Å². The summed E-state index contributed by atoms with van der Waals surface area (Å²) in [5.41, 5.74) is 4.43. The summed E-state index contributed by atoms with van der Waals surface area (Å²) in [4.78, 5) is 15.5. The fourth-order valence-corrected chi connectivity index (χ4v) is 4.19. The molecule has 0 radical (unpaired) electrons. The quantitative estimate of drug-likeness (QED) is 0.773. The summed E-state index contributed by atoms with van der Waals surface area (Å²) in [6.07, 6.45) is 7.91. The number of carbonyl (C=O) groups excluding carboxylic acids is 1. The second kappa shape index (κ2) is 7.94. The molecule has 4 nitrogen and oxygen atoms in total. The van der Waals surface area contributed by atoms with Crippen molar-refractivity contribution in [3.8, 4) is 5.75 Å². The third-order valence-electron chi connectivity index (χ3n) is 5.41. The van der Waals surface area contributed by atoms with Crippen molar-refractivity contribution in [3.05, 3.63) is 29.0 Å². The van der Waals surface area contributed by atoms with E-state index in [1.807, 2.05) is 19.9 Å². The average Bonchev–Trinajstić information content (AvgIpc) is 2.92. The molecule has 1 N–H and O–H groups in total. The number of aromatic nitrogens is 1. The maximum absolute atomic E-state index is 12.1. The van der Waals surface area contributed by atoms with Gasteiger partial charge in [0.05, 0.1) is 20.1 Å². The molecule has 2 aromatic rings. The minimum Gasteiger partial charge on any atom is -0.496 e. The molecule has 0 spiro atoms. The van der Waals surface area contributed by atoms with Gasteiger partial charge in [-0.1, -0.05) is 32.1 Å². The third-order valence-corrected chi connectivity index (χ3v) is 5.41. The van der Waals surface area contributed by atoms with Gasteiger partial charge in [0, 0.05) is 22.2 Å². The predicted octanol–water partition coefficient (Wildman–Crippen LogP) is 4.71. The monoisotopic (exact) mass is 343 g/mol. The standard InChI is InChI=1S/C21H29NO3/c1-4-25-20(23)13-16-14(2)22-18-10-11-19(24-3)17(21(16)18)12-15-8-6-5-7-9-15/h10-11,15,22H,4-9,12-13H2,1-3H3. The number of fused-ring (bicyclic) bond motifs is 1. The molecule has 4 heteroatoms. The number of benzene rings is 1. The molecule has 1 aliphatic carbocycles. The first-order valence-electron chi connectivity index (χ1n) is 9.46. The Bertz CT molecular complexity index is 741. The molecule has 1 fully saturated rings. The Hall–Kier alpha value is -1.97. The van der Waals surface area contributed by atoms with Crippen molar-refractivity contribution in [2.45, 2.75) is 58.8 Å². The van der Waals surface area contributed by atoms with Crippen molar-refractivity contribution < 1.29 is 14.3 Å². The van der Waals surface area contributed by atoms with Crippen LogP contribution in [0.5, 0.6) is 5.75 Å². The highest BCUT2D eigenvalue weighted by atomic mass is 16.5. The van der Waals surface area contributed by atoms with Gasteiger partial charge < -0.3 is 14.5 Å². The average molecular weight is 343 g/mol. The molecule has 0 amide bonds. The number of aromatic amines is 1. The van der Waals surface area contributed by atoms with Crippen molar-refractivity contribution in [3.63, 3.8) is 0 Å². The molecule has 0 saturated heterocycles. The van der Waals surface area contributed by atoms with E-state index < -0.39 is 0 Å². The second-order valence-electron chi connectivity index (χ2n) is 7.09. The van der Waals surface area contributed by atoms with Crippen LogP contribution in [0.2, 0.25) is 0 Å². The van der Waals surface area contributed by atoms with Crippen LogP contribution in [0.3, 0.4) is 0 Å². The van der Waals surface area contributed by atoms with E-state index in [1.165, 1.54) is 37.7 Å². The Labute approximate surface area is 149 Å². The number of hydrogen-bond donors (Lipinski definition) is 1. The zero-order valence-electron chi connectivity index (χ0n) is 15.6. The van der Waals surface area contributed by atoms with E-state index in [4.69, 9.17) is 9.47 Å². The second-order valence-corrected chi connectivity index (χ2v) is 7.09. The molecule has 0 bridgehead atoms. The minimum atomic E-state index is -0.169. The molecular weight excluding hydrogens is 314 g/mol. The zero-order chi connectivity index (χ0) is 17.8. The maximum atomic E-state index is 12.1. The van der Waals surface area contributed by atoms with E-state index in [9.17, 15) is 4.79 Å². The number of ether oxygens (including phenoxy) is 2. The summed E-state index contributed by atoms with van der Waals surface area (Å²) in [7, 11) is 1.73. The number of nitrogens with one attached hydrogen (secondary N) is 1. The summed E-state index contributed by atoms with van der Waals surface area (Å²) in [5, 5.41) is 1.16. The van der Waals surface area contributed by atoms with Gasteiger partial charge in [-0.2, -0.15) is 0 Å². The zero-order valence-corrected chi connectivity index (χ0v) is 15.6. The van der Waals surface area contributed by atoms with Crippen LogP contribution in [0, 0.1) is 12.8 Å². The molecule has 25 heavy (non-hydrogen) atoms. The Morgan fingerprint density at radius 2 is 1.96 bits per heavy atom. The van der Waals surface area contributed by atoms with E-state index in [-0.39, 0.29) is 5.97 Å². The number of esters is 1. The fraction of sp³-hybridized carbons (Fsp3) is 0.571. The summed E-state index contributed by atoms with van der Waals surface area (Å²) in [6.45, 7) is 4.29. The molecule has 1 aromatic carbocycles. The first-order chi connectivity index (χ1) is 12.1. The van der Waals surface area contributed by atoms with Gasteiger partial charge in [-0.05, 0) is 43.9 Å². The molecule has 0 atom stereocenters. The Morgan fingerprint density at radius 1 is 1.20 bits per heavy atom. The summed E-state index contributed by atoms with van der Waals surface area (Å²) >= 11 is 0. The van der Waals surface area contributed by atoms with E-state index in [0.29, 0.717) is 18.9 Å². The van der Waals surface area contributed by atoms with Crippen molar-refractivity contribution in [1.82, 2.24) is 4.98 Å². The van der Waals surface area contributed by atoms with Crippen molar-refractivity contribution in [2.24, 2.45) is 5.92 Å². The van der Waals surface area contributed by atoms with Crippen LogP contribution >= 0.6 is 0 Å². The van der Waals surface area contributed by atoms with Crippen molar-refractivity contribution in [1.29, 1.82) is 0 Å². The van der Waals surface area contributed by atoms with E-state index in [2.05, 4.69) is 11.1 Å². The maximum Gasteiger partial charge on any atom is 0.310 e. The molecule has 1 aliphatic rings. The summed E-state index contributed by atoms with van der Waals surface area (Å²) in [5.74, 6) is 1.47. The van der Waals surface area contributed by atoms with Gasteiger partial charge in [0.15, 0.2) is 0 Å². The van der Waals surface area contributed by atoms with E-state index in [0.717, 1.165) is 34.3 Å². The fourth-order valence-electron chi connectivity index (χ4n) is 4.19. The SMILES string of the molecule is CCOC(=O)Cc1c(C)[nH]c2ccc(OC)c(CC3CCCCC3)c12. The number of rotatable bonds is 6. The number of aryl methyl sites for hydroxylation is 1. The van der Waals surface area contributed by atoms with Crippen LogP contribution in [-0.2, 0) is 22.4 Å². The van der Waals surface area contributed by atoms with Gasteiger partial charge in [-0.15, -0.1) is 0 Å². The topological polar surface area (TPSA) is 51.3 Å². The molecule has 1 heterocycles. The van der Waals surface area contributed by atoms with Crippen molar-refractivity contribution in [2.75, 3.05) is 13.7 Å². The number of hydrogen-bond acceptors (Lipinski definition) is 3. The highest BCUT2D eigenvalue weighted by Crippen LogP contribution is 2.37. The Morgan fingerprint density at radius 3 is 2.64 bits per heavy atom. The van der Waals surface area contributed by atoms with Gasteiger partial charge in [0.25, 0.3) is 0 Å². The van der Waals surface area contributed by atoms with Gasteiger partial charge >= 0.3 is 5.97 Å². The third kappa shape index (κ3) is 3.83.